The third kappa shape index (κ3) is 5.02. The third-order valence-corrected chi connectivity index (χ3v) is 8.53. The normalized spacial score (nSPS) is 26.0. The Morgan fingerprint density at radius 2 is 2.06 bits per heavy atom. The van der Waals surface area contributed by atoms with E-state index in [4.69, 9.17) is 0 Å². The molecule has 3 heteroatoms. The number of likely N-dealkylation sites (N-methyl/N-ethyl adjacent to an activating group) is 1. The fourth-order valence-electron chi connectivity index (χ4n) is 3.02. The summed E-state index contributed by atoms with van der Waals surface area (Å²) in [6.07, 6.45) is 4.39. The Kier molecular flexibility index (Phi) is 8.22. The standard InChI is InChI=1S/C13H24NO.C2H5.Y/c1-10(2)11(3)13-12(15)8-6-5-7-9-14(13)4;1-2;/h10-11,13H,1,5-9H2,2-4H3;1H2,2H3;. The van der Waals surface area contributed by atoms with Crippen molar-refractivity contribution >= 4 is 5.78 Å². The molecule has 0 aromatic heterocycles. The maximum atomic E-state index is 12.4. The van der Waals surface area contributed by atoms with Crippen LogP contribution in [0, 0.1) is 11.8 Å². The van der Waals surface area contributed by atoms with Gasteiger partial charge in [-0.3, -0.25) is 0 Å². The second kappa shape index (κ2) is 8.82. The molecule has 1 rings (SSSR count). The number of Topliss-reactive ketones (excluding diaryl/α,β-unsaturated/α-hetero) is 1. The topological polar surface area (TPSA) is 20.3 Å². The Labute approximate surface area is 128 Å². The van der Waals surface area contributed by atoms with E-state index in [1.54, 1.807) is 0 Å². The minimum absolute atomic E-state index is 0.194. The number of ketones is 1. The third-order valence-electron chi connectivity index (χ3n) is 4.46. The summed E-state index contributed by atoms with van der Waals surface area (Å²) in [4.78, 5) is 14.7. The molecule has 0 N–H and O–H groups in total. The number of carbonyl (C=O) groups is 1. The molecule has 0 aromatic rings. The summed E-state index contributed by atoms with van der Waals surface area (Å²) in [6, 6.07) is 0.194. The molecule has 0 radical (unpaired) electrons. The summed E-state index contributed by atoms with van der Waals surface area (Å²) >= 11 is -0.314. The van der Waals surface area contributed by atoms with E-state index in [2.05, 4.69) is 32.7 Å². The summed E-state index contributed by atoms with van der Waals surface area (Å²) in [7, 11) is 2.15. The van der Waals surface area contributed by atoms with E-state index in [1.165, 1.54) is 19.3 Å². The molecule has 2 nitrogen and oxygen atoms in total. The van der Waals surface area contributed by atoms with E-state index in [0.29, 0.717) is 11.7 Å². The van der Waals surface area contributed by atoms with Crippen molar-refractivity contribution in [2.24, 2.45) is 11.8 Å². The van der Waals surface area contributed by atoms with E-state index in [1.807, 2.05) is 0 Å². The molecule has 0 spiro atoms. The van der Waals surface area contributed by atoms with E-state index >= 15 is 0 Å². The van der Waals surface area contributed by atoms with Crippen molar-refractivity contribution in [1.29, 1.82) is 0 Å². The first-order valence-corrected chi connectivity index (χ1v) is 11.6. The van der Waals surface area contributed by atoms with Crippen molar-refractivity contribution in [1.82, 2.24) is 4.90 Å². The Morgan fingerprint density at radius 3 is 2.72 bits per heavy atom. The maximum absolute atomic E-state index is 12.4. The summed E-state index contributed by atoms with van der Waals surface area (Å²) in [5.41, 5.74) is 0. The van der Waals surface area contributed by atoms with Crippen LogP contribution in [-0.2, 0) is 34.0 Å². The Balaban J connectivity index is 2.64. The van der Waals surface area contributed by atoms with Gasteiger partial charge in [0.05, 0.1) is 0 Å². The second-order valence-electron chi connectivity index (χ2n) is 5.97. The summed E-state index contributed by atoms with van der Waals surface area (Å²) in [5, 5.41) is 0. The molecule has 3 atom stereocenters. The molecule has 1 saturated heterocycles. The fraction of sp³-hybridized carbons (Fsp3) is 0.933. The molecule has 18 heavy (non-hydrogen) atoms. The van der Waals surface area contributed by atoms with Crippen molar-refractivity contribution in [2.45, 2.75) is 59.0 Å². The van der Waals surface area contributed by atoms with Crippen LogP contribution in [-0.4, -0.2) is 30.3 Å². The minimum atomic E-state index is -0.314. The van der Waals surface area contributed by atoms with Crippen molar-refractivity contribution in [3.63, 3.8) is 0 Å². The zero-order valence-electron chi connectivity index (χ0n) is 12.6. The van der Waals surface area contributed by atoms with E-state index in [9.17, 15) is 4.79 Å². The van der Waals surface area contributed by atoms with Crippen molar-refractivity contribution < 1.29 is 34.0 Å². The van der Waals surface area contributed by atoms with E-state index < -0.39 is 0 Å². The summed E-state index contributed by atoms with van der Waals surface area (Å²) < 4.78 is 2.89. The Hall–Kier alpha value is 0.734. The van der Waals surface area contributed by atoms with Gasteiger partial charge in [0.25, 0.3) is 0 Å². The number of hydrogen-bond donors (Lipinski definition) is 0. The van der Waals surface area contributed by atoms with Crippen LogP contribution in [0.25, 0.3) is 0 Å². The molecule has 3 unspecified atom stereocenters. The predicted octanol–water partition coefficient (Wildman–Crippen LogP) is 3.64. The van der Waals surface area contributed by atoms with Gasteiger partial charge in [-0.2, -0.15) is 0 Å². The zero-order valence-corrected chi connectivity index (χ0v) is 15.5. The van der Waals surface area contributed by atoms with Crippen molar-refractivity contribution in [3.8, 4) is 0 Å². The monoisotopic (exact) mass is 328 g/mol. The van der Waals surface area contributed by atoms with Crippen molar-refractivity contribution in [3.05, 3.63) is 0 Å². The van der Waals surface area contributed by atoms with Crippen LogP contribution in [0.3, 0.4) is 0 Å². The van der Waals surface area contributed by atoms with Gasteiger partial charge in [0.1, 0.15) is 0 Å². The number of rotatable bonds is 5. The zero-order chi connectivity index (χ0) is 13.5. The van der Waals surface area contributed by atoms with Crippen LogP contribution in [0.15, 0.2) is 0 Å². The molecule has 1 heterocycles. The Bertz CT molecular complexity index is 257. The first kappa shape index (κ1) is 16.8. The number of likely N-dealkylation sites (tertiary alicyclic amines) is 1. The molecule has 1 fully saturated rings. The summed E-state index contributed by atoms with van der Waals surface area (Å²) in [6.45, 7) is 8.10. The Morgan fingerprint density at radius 1 is 1.33 bits per heavy atom. The van der Waals surface area contributed by atoms with Crippen LogP contribution < -0.4 is 0 Å². The van der Waals surface area contributed by atoms with Gasteiger partial charge in [0.15, 0.2) is 0 Å². The second-order valence-corrected chi connectivity index (χ2v) is 10.6. The van der Waals surface area contributed by atoms with Crippen molar-refractivity contribution in [2.75, 3.05) is 13.6 Å². The van der Waals surface area contributed by atoms with Gasteiger partial charge in [-0.25, -0.2) is 0 Å². The van der Waals surface area contributed by atoms with E-state index in [0.717, 1.165) is 25.3 Å². The predicted molar refractivity (Wildman–Crippen MR) is 73.5 cm³/mol. The molecule has 1 aliphatic rings. The first-order chi connectivity index (χ1) is 8.57. The molecule has 0 aromatic carbocycles. The van der Waals surface area contributed by atoms with Gasteiger partial charge in [0.2, 0.25) is 0 Å². The number of carbonyl (C=O) groups excluding carboxylic acids is 1. The quantitative estimate of drug-likeness (QED) is 0.768. The molecular formula is C15H29NOY. The van der Waals surface area contributed by atoms with Gasteiger partial charge < -0.3 is 0 Å². The van der Waals surface area contributed by atoms with Crippen LogP contribution in [0.2, 0.25) is 6.46 Å². The molecule has 0 bridgehead atoms. The molecule has 0 saturated carbocycles. The molecule has 103 valence electrons. The van der Waals surface area contributed by atoms with Gasteiger partial charge >= 0.3 is 129 Å². The van der Waals surface area contributed by atoms with Gasteiger partial charge in [-0.05, 0) is 0 Å². The van der Waals surface area contributed by atoms with E-state index in [-0.39, 0.29) is 35.2 Å². The molecule has 1 aliphatic heterocycles. The SMILES string of the molecule is C[CH2][Y][CH2]C(C)C(C)C1C(=O)CCCCCN1C. The first-order valence-electron chi connectivity index (χ1n) is 7.62. The van der Waals surface area contributed by atoms with Gasteiger partial charge in [0, 0.05) is 0 Å². The van der Waals surface area contributed by atoms with Gasteiger partial charge in [-0.15, -0.1) is 0 Å². The van der Waals surface area contributed by atoms with Crippen LogP contribution in [0.1, 0.15) is 46.5 Å². The van der Waals surface area contributed by atoms with Crippen LogP contribution >= 0.6 is 0 Å². The summed E-state index contributed by atoms with van der Waals surface area (Å²) in [5.74, 6) is 1.78. The molecule has 0 aliphatic carbocycles. The van der Waals surface area contributed by atoms with Gasteiger partial charge in [-0.1, -0.05) is 0 Å². The average molecular weight is 328 g/mol. The number of hydrogen-bond acceptors (Lipinski definition) is 2. The molecular weight excluding hydrogens is 299 g/mol. The molecule has 0 amide bonds. The number of nitrogens with zero attached hydrogens (tertiary/aromatic N) is 1. The van der Waals surface area contributed by atoms with Crippen LogP contribution in [0.4, 0.5) is 0 Å². The van der Waals surface area contributed by atoms with Crippen LogP contribution in [0.5, 0.6) is 0 Å². The fourth-order valence-corrected chi connectivity index (χ4v) is 6.19. The average Bonchev–Trinajstić information content (AvgIpc) is 2.33.